The fourth-order valence-corrected chi connectivity index (χ4v) is 2.39. The molecule has 134 valence electrons. The molecule has 0 heterocycles. The summed E-state index contributed by atoms with van der Waals surface area (Å²) in [6.45, 7) is 0. The molecule has 0 spiro atoms. The van der Waals surface area contributed by atoms with Crippen molar-refractivity contribution in [3.05, 3.63) is 102 Å². The largest absolute Gasteiger partial charge is 0.322 e. The number of rotatable bonds is 5. The zero-order chi connectivity index (χ0) is 19.1. The lowest BCUT2D eigenvalue weighted by molar-refractivity contribution is -0.111. The van der Waals surface area contributed by atoms with E-state index in [-0.39, 0.29) is 17.6 Å². The molecule has 2 N–H and O–H groups in total. The lowest BCUT2D eigenvalue weighted by Crippen LogP contribution is -2.13. The monoisotopic (exact) mass is 360 g/mol. The maximum Gasteiger partial charge on any atom is 0.255 e. The van der Waals surface area contributed by atoms with Crippen LogP contribution in [0.2, 0.25) is 0 Å². The van der Waals surface area contributed by atoms with E-state index in [9.17, 15) is 14.0 Å². The smallest absolute Gasteiger partial charge is 0.255 e. The Morgan fingerprint density at radius 2 is 1.52 bits per heavy atom. The van der Waals surface area contributed by atoms with E-state index in [4.69, 9.17) is 0 Å². The molecular formula is C22H17FN2O2. The molecular weight excluding hydrogens is 343 g/mol. The Morgan fingerprint density at radius 3 is 2.26 bits per heavy atom. The van der Waals surface area contributed by atoms with E-state index >= 15 is 0 Å². The molecule has 27 heavy (non-hydrogen) atoms. The van der Waals surface area contributed by atoms with Gasteiger partial charge in [0.15, 0.2) is 0 Å². The Kier molecular flexibility index (Phi) is 5.74. The van der Waals surface area contributed by atoms with Gasteiger partial charge in [-0.1, -0.05) is 36.4 Å². The minimum atomic E-state index is -0.374. The number of halogens is 1. The molecule has 4 nitrogen and oxygen atoms in total. The molecule has 0 aliphatic heterocycles. The zero-order valence-corrected chi connectivity index (χ0v) is 14.4. The number of benzene rings is 3. The van der Waals surface area contributed by atoms with Crippen LogP contribution in [0.3, 0.4) is 0 Å². The van der Waals surface area contributed by atoms with E-state index in [1.807, 2.05) is 30.3 Å². The number of hydrogen-bond acceptors (Lipinski definition) is 2. The lowest BCUT2D eigenvalue weighted by Gasteiger charge is -2.07. The van der Waals surface area contributed by atoms with Crippen LogP contribution in [0.15, 0.2) is 84.9 Å². The normalized spacial score (nSPS) is 10.6. The van der Waals surface area contributed by atoms with Gasteiger partial charge in [0, 0.05) is 23.0 Å². The first-order valence-electron chi connectivity index (χ1n) is 8.31. The summed E-state index contributed by atoms with van der Waals surface area (Å²) in [4.78, 5) is 24.4. The van der Waals surface area contributed by atoms with Crippen molar-refractivity contribution in [2.24, 2.45) is 0 Å². The van der Waals surface area contributed by atoms with Crippen molar-refractivity contribution in [2.75, 3.05) is 10.6 Å². The van der Waals surface area contributed by atoms with Crippen LogP contribution in [-0.4, -0.2) is 11.8 Å². The van der Waals surface area contributed by atoms with E-state index in [0.29, 0.717) is 16.9 Å². The Bertz CT molecular complexity index is 967. The summed E-state index contributed by atoms with van der Waals surface area (Å²) in [7, 11) is 0. The standard InChI is InChI=1S/C22H17FN2O2/c23-18-10-12-19(13-11-18)25-22(27)17-7-4-8-20(15-17)24-21(26)14-9-16-5-2-1-3-6-16/h1-15H,(H,24,26)(H,25,27)/b14-9+. The molecule has 0 bridgehead atoms. The molecule has 3 rings (SSSR count). The maximum atomic E-state index is 12.9. The summed E-state index contributed by atoms with van der Waals surface area (Å²) in [6, 6.07) is 21.5. The van der Waals surface area contributed by atoms with Gasteiger partial charge in [0.05, 0.1) is 0 Å². The first kappa shape index (κ1) is 18.1. The molecule has 0 atom stereocenters. The summed E-state index contributed by atoms with van der Waals surface area (Å²) in [5.74, 6) is -1.02. The van der Waals surface area contributed by atoms with E-state index in [1.54, 1.807) is 30.3 Å². The molecule has 0 fully saturated rings. The van der Waals surface area contributed by atoms with Gasteiger partial charge in [-0.25, -0.2) is 4.39 Å². The summed E-state index contributed by atoms with van der Waals surface area (Å²) >= 11 is 0. The highest BCUT2D eigenvalue weighted by atomic mass is 19.1. The second kappa shape index (κ2) is 8.58. The van der Waals surface area contributed by atoms with Gasteiger partial charge in [-0.15, -0.1) is 0 Å². The fourth-order valence-electron chi connectivity index (χ4n) is 2.39. The molecule has 0 aromatic heterocycles. The van der Waals surface area contributed by atoms with Crippen LogP contribution in [0.5, 0.6) is 0 Å². The number of carbonyl (C=O) groups excluding carboxylic acids is 2. The molecule has 2 amide bonds. The molecule has 3 aromatic carbocycles. The maximum absolute atomic E-state index is 12.9. The first-order valence-corrected chi connectivity index (χ1v) is 8.31. The topological polar surface area (TPSA) is 58.2 Å². The molecule has 0 unspecified atom stereocenters. The molecule has 0 aliphatic carbocycles. The summed E-state index contributed by atoms with van der Waals surface area (Å²) in [6.07, 6.45) is 3.14. The van der Waals surface area contributed by atoms with Crippen LogP contribution >= 0.6 is 0 Å². The van der Waals surface area contributed by atoms with Crippen molar-refractivity contribution in [1.29, 1.82) is 0 Å². The van der Waals surface area contributed by atoms with E-state index in [1.165, 1.54) is 30.3 Å². The Morgan fingerprint density at radius 1 is 0.778 bits per heavy atom. The average molecular weight is 360 g/mol. The summed E-state index contributed by atoms with van der Waals surface area (Å²) in [5.41, 5.74) is 2.29. The van der Waals surface area contributed by atoms with E-state index in [2.05, 4.69) is 10.6 Å². The van der Waals surface area contributed by atoms with E-state index in [0.717, 1.165) is 5.56 Å². The van der Waals surface area contributed by atoms with Crippen LogP contribution in [0.25, 0.3) is 6.08 Å². The fraction of sp³-hybridized carbons (Fsp3) is 0. The van der Waals surface area contributed by atoms with Gasteiger partial charge in [0.2, 0.25) is 5.91 Å². The van der Waals surface area contributed by atoms with Gasteiger partial charge in [0.1, 0.15) is 5.82 Å². The predicted molar refractivity (Wildman–Crippen MR) is 105 cm³/mol. The van der Waals surface area contributed by atoms with Gasteiger partial charge < -0.3 is 10.6 Å². The molecule has 5 heteroatoms. The third-order valence-corrected chi connectivity index (χ3v) is 3.72. The highest BCUT2D eigenvalue weighted by Crippen LogP contribution is 2.14. The Balaban J connectivity index is 1.64. The number of hydrogen-bond donors (Lipinski definition) is 2. The Labute approximate surface area is 156 Å². The SMILES string of the molecule is O=C(/C=C/c1ccccc1)Nc1cccc(C(=O)Nc2ccc(F)cc2)c1. The van der Waals surface area contributed by atoms with Crippen LogP contribution in [0.4, 0.5) is 15.8 Å². The highest BCUT2D eigenvalue weighted by molar-refractivity contribution is 6.06. The zero-order valence-electron chi connectivity index (χ0n) is 14.4. The van der Waals surface area contributed by atoms with Crippen molar-refractivity contribution in [3.63, 3.8) is 0 Å². The van der Waals surface area contributed by atoms with Crippen molar-refractivity contribution >= 4 is 29.3 Å². The quantitative estimate of drug-likeness (QED) is 0.646. The van der Waals surface area contributed by atoms with Gasteiger partial charge in [-0.05, 0) is 54.1 Å². The van der Waals surface area contributed by atoms with Crippen molar-refractivity contribution in [1.82, 2.24) is 0 Å². The molecule has 0 radical (unpaired) electrons. The summed E-state index contributed by atoms with van der Waals surface area (Å²) < 4.78 is 12.9. The lowest BCUT2D eigenvalue weighted by atomic mass is 10.1. The second-order valence-corrected chi connectivity index (χ2v) is 5.78. The van der Waals surface area contributed by atoms with Crippen LogP contribution in [-0.2, 0) is 4.79 Å². The molecule has 0 saturated heterocycles. The van der Waals surface area contributed by atoms with Gasteiger partial charge in [0.25, 0.3) is 5.91 Å². The van der Waals surface area contributed by atoms with Crippen LogP contribution < -0.4 is 10.6 Å². The van der Waals surface area contributed by atoms with Gasteiger partial charge >= 0.3 is 0 Å². The highest BCUT2D eigenvalue weighted by Gasteiger charge is 2.08. The first-order chi connectivity index (χ1) is 13.1. The summed E-state index contributed by atoms with van der Waals surface area (Å²) in [5, 5.41) is 5.40. The van der Waals surface area contributed by atoms with Gasteiger partial charge in [-0.2, -0.15) is 0 Å². The van der Waals surface area contributed by atoms with Crippen molar-refractivity contribution in [3.8, 4) is 0 Å². The second-order valence-electron chi connectivity index (χ2n) is 5.78. The number of anilines is 2. The third-order valence-electron chi connectivity index (χ3n) is 3.72. The predicted octanol–water partition coefficient (Wildman–Crippen LogP) is 4.73. The van der Waals surface area contributed by atoms with Crippen molar-refractivity contribution in [2.45, 2.75) is 0 Å². The van der Waals surface area contributed by atoms with Crippen LogP contribution in [0.1, 0.15) is 15.9 Å². The molecule has 0 aliphatic rings. The van der Waals surface area contributed by atoms with Crippen LogP contribution in [0, 0.1) is 5.82 Å². The van der Waals surface area contributed by atoms with E-state index < -0.39 is 0 Å². The van der Waals surface area contributed by atoms with Gasteiger partial charge in [-0.3, -0.25) is 9.59 Å². The van der Waals surface area contributed by atoms with Crippen molar-refractivity contribution < 1.29 is 14.0 Å². The average Bonchev–Trinajstić information content (AvgIpc) is 2.69. The minimum absolute atomic E-state index is 0.296. The number of amides is 2. The minimum Gasteiger partial charge on any atom is -0.322 e. The molecule has 3 aromatic rings. The number of nitrogens with one attached hydrogen (secondary N) is 2. The molecule has 0 saturated carbocycles. The Hall–Kier alpha value is -3.73. The number of carbonyl (C=O) groups is 2. The third kappa shape index (κ3) is 5.37.